The van der Waals surface area contributed by atoms with Gasteiger partial charge in [-0.15, -0.1) is 0 Å². The van der Waals surface area contributed by atoms with Crippen LogP contribution in [0.25, 0.3) is 0 Å². The van der Waals surface area contributed by atoms with Crippen LogP contribution in [-0.2, 0) is 19.2 Å². The normalized spacial score (nSPS) is 29.9. The molecule has 2 heterocycles. The van der Waals surface area contributed by atoms with Crippen LogP contribution < -0.4 is 16.0 Å². The van der Waals surface area contributed by atoms with Crippen molar-refractivity contribution in [2.24, 2.45) is 22.7 Å². The third-order valence-corrected chi connectivity index (χ3v) is 8.25. The van der Waals surface area contributed by atoms with Gasteiger partial charge in [0.15, 0.2) is 0 Å². The van der Waals surface area contributed by atoms with Gasteiger partial charge in [0.05, 0.1) is 6.07 Å². The van der Waals surface area contributed by atoms with Gasteiger partial charge in [-0.25, -0.2) is 0 Å². The topological polar surface area (TPSA) is 131 Å². The molecule has 2 aliphatic heterocycles. The number of alkyl halides is 3. The van der Waals surface area contributed by atoms with E-state index < -0.39 is 53.4 Å². The minimum Gasteiger partial charge on any atom is -0.356 e. The van der Waals surface area contributed by atoms with E-state index in [0.717, 1.165) is 12.8 Å². The first-order chi connectivity index (χ1) is 16.7. The van der Waals surface area contributed by atoms with E-state index >= 15 is 0 Å². The average Bonchev–Trinajstić information content (AvgIpc) is 3.09. The molecule has 4 rings (SSSR count). The summed E-state index contributed by atoms with van der Waals surface area (Å²) in [6.45, 7) is 5.16. The Labute approximate surface area is 207 Å². The van der Waals surface area contributed by atoms with Crippen molar-refractivity contribution in [2.45, 2.75) is 89.6 Å². The number of nitrogens with one attached hydrogen (secondary N) is 3. The molecular formula is C24H32F3N5O4. The lowest BCUT2D eigenvalue weighted by atomic mass is 9.81. The number of likely N-dealkylation sites (tertiary alicyclic amines) is 1. The van der Waals surface area contributed by atoms with E-state index in [1.807, 2.05) is 11.4 Å². The van der Waals surface area contributed by atoms with Crippen molar-refractivity contribution >= 4 is 23.6 Å². The Kier molecular flexibility index (Phi) is 6.50. The second kappa shape index (κ2) is 8.92. The van der Waals surface area contributed by atoms with Crippen LogP contribution in [0.5, 0.6) is 0 Å². The van der Waals surface area contributed by atoms with E-state index in [-0.39, 0.29) is 29.7 Å². The molecule has 4 fully saturated rings. The first-order valence-corrected chi connectivity index (χ1v) is 12.4. The lowest BCUT2D eigenvalue weighted by Gasteiger charge is -2.42. The first-order valence-electron chi connectivity index (χ1n) is 12.4. The summed E-state index contributed by atoms with van der Waals surface area (Å²) in [6, 6.07) is -1.69. The molecule has 4 aliphatic rings. The third-order valence-electron chi connectivity index (χ3n) is 8.25. The number of carbonyl (C=O) groups excluding carboxylic acids is 4. The van der Waals surface area contributed by atoms with Gasteiger partial charge in [0, 0.05) is 18.5 Å². The first kappa shape index (κ1) is 26.2. The lowest BCUT2D eigenvalue weighted by molar-refractivity contribution is -0.176. The van der Waals surface area contributed by atoms with E-state index in [1.54, 1.807) is 20.8 Å². The Bertz CT molecular complexity index is 997. The summed E-state index contributed by atoms with van der Waals surface area (Å²) in [4.78, 5) is 52.3. The summed E-state index contributed by atoms with van der Waals surface area (Å²) in [5, 5.41) is 16.9. The molecule has 0 aromatic rings. The van der Waals surface area contributed by atoms with E-state index in [4.69, 9.17) is 0 Å². The Hall–Kier alpha value is -2.84. The molecule has 3 N–H and O–H groups in total. The SMILES string of the molecule is CC(C)(C)[C@H](NC(=O)C(F)(F)F)C(=O)N1C2CC(C1C(=O)N[C@H](C#N)C[C@@H]1CCNC1=O)C1(CC1)C2. The fourth-order valence-electron chi connectivity index (χ4n) is 6.27. The molecule has 2 saturated heterocycles. The highest BCUT2D eigenvalue weighted by atomic mass is 19.4. The van der Waals surface area contributed by atoms with E-state index in [9.17, 15) is 37.6 Å². The van der Waals surface area contributed by atoms with Crippen LogP contribution in [0.3, 0.4) is 0 Å². The number of halogens is 3. The smallest absolute Gasteiger partial charge is 0.356 e. The van der Waals surface area contributed by atoms with Gasteiger partial charge < -0.3 is 20.9 Å². The highest BCUT2D eigenvalue weighted by Gasteiger charge is 2.67. The molecule has 2 aliphatic carbocycles. The Balaban J connectivity index is 1.56. The lowest BCUT2D eigenvalue weighted by Crippen LogP contribution is -2.63. The summed E-state index contributed by atoms with van der Waals surface area (Å²) < 4.78 is 39.1. The van der Waals surface area contributed by atoms with Gasteiger partial charge in [0.2, 0.25) is 17.7 Å². The number of hydrogen-bond acceptors (Lipinski definition) is 5. The van der Waals surface area contributed by atoms with Crippen LogP contribution in [0.15, 0.2) is 0 Å². The molecule has 198 valence electrons. The number of amides is 4. The fourth-order valence-corrected chi connectivity index (χ4v) is 6.27. The molecule has 12 heteroatoms. The van der Waals surface area contributed by atoms with E-state index in [0.29, 0.717) is 25.8 Å². The predicted molar refractivity (Wildman–Crippen MR) is 120 cm³/mol. The third kappa shape index (κ3) is 4.76. The number of rotatable bonds is 6. The molecule has 36 heavy (non-hydrogen) atoms. The molecule has 2 saturated carbocycles. The number of nitriles is 1. The fraction of sp³-hybridized carbons (Fsp3) is 0.792. The molecule has 6 atom stereocenters. The second-order valence-corrected chi connectivity index (χ2v) is 11.7. The Morgan fingerprint density at radius 3 is 2.39 bits per heavy atom. The summed E-state index contributed by atoms with van der Waals surface area (Å²) in [6.07, 6.45) is -1.41. The van der Waals surface area contributed by atoms with Crippen molar-refractivity contribution in [3.8, 4) is 6.07 Å². The Morgan fingerprint density at radius 2 is 1.89 bits per heavy atom. The van der Waals surface area contributed by atoms with Crippen molar-refractivity contribution in [1.29, 1.82) is 5.26 Å². The monoisotopic (exact) mass is 511 g/mol. The van der Waals surface area contributed by atoms with Gasteiger partial charge in [0.25, 0.3) is 0 Å². The molecule has 9 nitrogen and oxygen atoms in total. The maximum absolute atomic E-state index is 13.7. The van der Waals surface area contributed by atoms with Gasteiger partial charge in [0.1, 0.15) is 18.1 Å². The minimum absolute atomic E-state index is 0.0661. The van der Waals surface area contributed by atoms with Crippen LogP contribution in [0.1, 0.15) is 59.3 Å². The number of carbonyl (C=O) groups is 4. The zero-order valence-corrected chi connectivity index (χ0v) is 20.6. The van der Waals surface area contributed by atoms with Gasteiger partial charge in [-0.05, 0) is 55.3 Å². The predicted octanol–water partition coefficient (Wildman–Crippen LogP) is 1.38. The summed E-state index contributed by atoms with van der Waals surface area (Å²) in [5.74, 6) is -4.22. The van der Waals surface area contributed by atoms with Crippen molar-refractivity contribution in [1.82, 2.24) is 20.9 Å². The molecule has 0 aromatic carbocycles. The zero-order chi connectivity index (χ0) is 26.6. The molecule has 4 amide bonds. The van der Waals surface area contributed by atoms with Crippen LogP contribution >= 0.6 is 0 Å². The van der Waals surface area contributed by atoms with E-state index in [1.165, 1.54) is 4.90 Å². The van der Waals surface area contributed by atoms with Gasteiger partial charge in [-0.2, -0.15) is 18.4 Å². The standard InChI is InChI=1S/C24H32F3N5O4/c1-22(2,3)17(31-21(36)24(25,26)27)20(35)32-14-9-15(23(10-14)5-6-23)16(32)19(34)30-13(11-28)8-12-4-7-29-18(12)33/h12-17H,4-10H2,1-3H3,(H,29,33)(H,30,34)(H,31,36)/t12-,13-,14?,15?,16?,17+/m0/s1. The van der Waals surface area contributed by atoms with E-state index in [2.05, 4.69) is 10.6 Å². The minimum atomic E-state index is -5.16. The second-order valence-electron chi connectivity index (χ2n) is 11.7. The quantitative estimate of drug-likeness (QED) is 0.496. The summed E-state index contributed by atoms with van der Waals surface area (Å²) in [7, 11) is 0. The number of nitrogens with zero attached hydrogens (tertiary/aromatic N) is 2. The van der Waals surface area contributed by atoms with Crippen LogP contribution in [0.4, 0.5) is 13.2 Å². The molecule has 3 unspecified atom stereocenters. The molecule has 1 spiro atoms. The largest absolute Gasteiger partial charge is 0.471 e. The highest BCUT2D eigenvalue weighted by molar-refractivity contribution is 5.95. The van der Waals surface area contributed by atoms with Gasteiger partial charge in [-0.1, -0.05) is 20.8 Å². The highest BCUT2D eigenvalue weighted by Crippen LogP contribution is 2.67. The zero-order valence-electron chi connectivity index (χ0n) is 20.6. The average molecular weight is 512 g/mol. The van der Waals surface area contributed by atoms with Crippen molar-refractivity contribution in [2.75, 3.05) is 6.54 Å². The maximum atomic E-state index is 13.7. The number of fused-ring (bicyclic) bond motifs is 3. The van der Waals surface area contributed by atoms with Gasteiger partial charge >= 0.3 is 12.1 Å². The van der Waals surface area contributed by atoms with Crippen LogP contribution in [0.2, 0.25) is 0 Å². The maximum Gasteiger partial charge on any atom is 0.471 e. The van der Waals surface area contributed by atoms with Crippen molar-refractivity contribution in [3.05, 3.63) is 0 Å². The van der Waals surface area contributed by atoms with Gasteiger partial charge in [-0.3, -0.25) is 19.2 Å². The van der Waals surface area contributed by atoms with Crippen molar-refractivity contribution in [3.63, 3.8) is 0 Å². The summed E-state index contributed by atoms with van der Waals surface area (Å²) in [5.41, 5.74) is -1.12. The molecular weight excluding hydrogens is 479 g/mol. The number of piperidine rings is 1. The molecule has 2 bridgehead atoms. The van der Waals surface area contributed by atoms with Crippen LogP contribution in [-0.4, -0.2) is 65.4 Å². The van der Waals surface area contributed by atoms with Crippen LogP contribution in [0, 0.1) is 34.0 Å². The Morgan fingerprint density at radius 1 is 1.22 bits per heavy atom. The number of hydrogen-bond donors (Lipinski definition) is 3. The molecule has 0 radical (unpaired) electrons. The van der Waals surface area contributed by atoms with Crippen molar-refractivity contribution < 1.29 is 32.3 Å². The molecule has 0 aromatic heterocycles. The summed E-state index contributed by atoms with van der Waals surface area (Å²) >= 11 is 0.